The third-order valence-electron chi connectivity index (χ3n) is 2.74. The normalized spacial score (nSPS) is 20.5. The Bertz CT molecular complexity index is 229. The van der Waals surface area contributed by atoms with Crippen molar-refractivity contribution in [2.45, 2.75) is 33.7 Å². The van der Waals surface area contributed by atoms with Crippen molar-refractivity contribution >= 4 is 5.97 Å². The lowest BCUT2D eigenvalue weighted by molar-refractivity contribution is -0.155. The first-order valence-corrected chi connectivity index (χ1v) is 5.90. The second-order valence-electron chi connectivity index (χ2n) is 5.35. The fourth-order valence-electron chi connectivity index (χ4n) is 1.54. The Labute approximate surface area is 97.9 Å². The molecule has 1 aliphatic rings. The molecule has 0 aromatic rings. The molecule has 0 aliphatic carbocycles. The Morgan fingerprint density at radius 1 is 1.38 bits per heavy atom. The van der Waals surface area contributed by atoms with Crippen LogP contribution in [0.15, 0.2) is 0 Å². The molecule has 1 heterocycles. The quantitative estimate of drug-likeness (QED) is 0.684. The van der Waals surface area contributed by atoms with E-state index in [4.69, 9.17) is 9.47 Å². The van der Waals surface area contributed by atoms with E-state index in [1.165, 1.54) is 0 Å². The maximum atomic E-state index is 11.6. The molecule has 1 rings (SSSR count). The molecule has 1 atom stereocenters. The molecule has 1 fully saturated rings. The first kappa shape index (κ1) is 13.5. The van der Waals surface area contributed by atoms with Crippen LogP contribution in [0, 0.1) is 5.41 Å². The van der Waals surface area contributed by atoms with E-state index in [9.17, 15) is 4.79 Å². The van der Waals surface area contributed by atoms with E-state index in [1.807, 2.05) is 20.8 Å². The van der Waals surface area contributed by atoms with Crippen LogP contribution in [-0.2, 0) is 14.3 Å². The summed E-state index contributed by atoms with van der Waals surface area (Å²) >= 11 is 0. The summed E-state index contributed by atoms with van der Waals surface area (Å²) in [5.74, 6) is -0.132. The van der Waals surface area contributed by atoms with Crippen LogP contribution in [0.1, 0.15) is 27.7 Å². The predicted octanol–water partition coefficient (Wildman–Crippen LogP) is 1.30. The zero-order valence-corrected chi connectivity index (χ0v) is 10.8. The highest BCUT2D eigenvalue weighted by molar-refractivity contribution is 5.75. The molecule has 1 aliphatic heterocycles. The number of rotatable bonds is 3. The van der Waals surface area contributed by atoms with E-state index in [0.29, 0.717) is 6.61 Å². The molecule has 1 unspecified atom stereocenters. The number of carbonyl (C=O) groups excluding carboxylic acids is 1. The number of hydrogen-bond acceptors (Lipinski definition) is 4. The van der Waals surface area contributed by atoms with Gasteiger partial charge >= 0.3 is 5.97 Å². The van der Waals surface area contributed by atoms with Crippen molar-refractivity contribution in [1.29, 1.82) is 0 Å². The third kappa shape index (κ3) is 4.10. The van der Waals surface area contributed by atoms with Gasteiger partial charge in [-0.3, -0.25) is 9.69 Å². The van der Waals surface area contributed by atoms with Gasteiger partial charge < -0.3 is 9.47 Å². The summed E-state index contributed by atoms with van der Waals surface area (Å²) in [6, 6.07) is 0.273. The number of nitrogens with zero attached hydrogens (tertiary/aromatic N) is 1. The largest absolute Gasteiger partial charge is 0.464 e. The molecule has 1 saturated heterocycles. The summed E-state index contributed by atoms with van der Waals surface area (Å²) in [6.45, 7) is 11.6. The zero-order valence-electron chi connectivity index (χ0n) is 10.8. The standard InChI is InChI=1S/C12H23NO3/c1-10(13-5-7-15-8-6-13)9-16-11(14)12(2,3)4/h10H,5-9H2,1-4H3. The van der Waals surface area contributed by atoms with E-state index in [2.05, 4.69) is 11.8 Å². The van der Waals surface area contributed by atoms with Gasteiger partial charge in [-0.1, -0.05) is 0 Å². The monoisotopic (exact) mass is 229 g/mol. The molecule has 0 saturated carbocycles. The molecule has 16 heavy (non-hydrogen) atoms. The molecule has 0 amide bonds. The van der Waals surface area contributed by atoms with Crippen LogP contribution in [0.2, 0.25) is 0 Å². The molecule has 94 valence electrons. The number of carbonyl (C=O) groups is 1. The minimum atomic E-state index is -0.412. The SMILES string of the molecule is CC(COC(=O)C(C)(C)C)N1CCOCC1. The zero-order chi connectivity index (χ0) is 12.2. The summed E-state index contributed by atoms with van der Waals surface area (Å²) in [5.41, 5.74) is -0.412. The molecular formula is C12H23NO3. The van der Waals surface area contributed by atoms with Gasteiger partial charge in [0.15, 0.2) is 0 Å². The van der Waals surface area contributed by atoms with Gasteiger partial charge in [0.1, 0.15) is 6.61 Å². The van der Waals surface area contributed by atoms with Gasteiger partial charge in [0.05, 0.1) is 18.6 Å². The van der Waals surface area contributed by atoms with Gasteiger partial charge in [0.25, 0.3) is 0 Å². The highest BCUT2D eigenvalue weighted by atomic mass is 16.5. The highest BCUT2D eigenvalue weighted by Gasteiger charge is 2.25. The van der Waals surface area contributed by atoms with Crippen LogP contribution in [0.4, 0.5) is 0 Å². The molecule has 4 heteroatoms. The van der Waals surface area contributed by atoms with Crippen LogP contribution in [0.3, 0.4) is 0 Å². The lowest BCUT2D eigenvalue weighted by Crippen LogP contribution is -2.44. The second kappa shape index (κ2) is 5.64. The Balaban J connectivity index is 2.29. The first-order chi connectivity index (χ1) is 7.41. The van der Waals surface area contributed by atoms with Crippen molar-refractivity contribution < 1.29 is 14.3 Å². The maximum Gasteiger partial charge on any atom is 0.311 e. The van der Waals surface area contributed by atoms with Crippen molar-refractivity contribution in [3.8, 4) is 0 Å². The lowest BCUT2D eigenvalue weighted by Gasteiger charge is -2.32. The van der Waals surface area contributed by atoms with Gasteiger partial charge in [-0.2, -0.15) is 0 Å². The van der Waals surface area contributed by atoms with E-state index < -0.39 is 5.41 Å². The molecule has 0 aromatic heterocycles. The predicted molar refractivity (Wildman–Crippen MR) is 62.3 cm³/mol. The van der Waals surface area contributed by atoms with E-state index in [1.54, 1.807) is 0 Å². The fraction of sp³-hybridized carbons (Fsp3) is 0.917. The number of ether oxygens (including phenoxy) is 2. The van der Waals surface area contributed by atoms with Gasteiger partial charge in [-0.25, -0.2) is 0 Å². The molecule has 0 N–H and O–H groups in total. The first-order valence-electron chi connectivity index (χ1n) is 5.90. The Morgan fingerprint density at radius 3 is 2.44 bits per heavy atom. The average Bonchev–Trinajstić information content (AvgIpc) is 2.25. The molecule has 0 spiro atoms. The minimum Gasteiger partial charge on any atom is -0.464 e. The van der Waals surface area contributed by atoms with Crippen LogP contribution < -0.4 is 0 Å². The Kier molecular flexibility index (Phi) is 4.74. The minimum absolute atomic E-state index is 0.132. The lowest BCUT2D eigenvalue weighted by atomic mass is 9.97. The molecule has 0 bridgehead atoms. The van der Waals surface area contributed by atoms with Gasteiger partial charge in [0.2, 0.25) is 0 Å². The number of esters is 1. The number of hydrogen-bond donors (Lipinski definition) is 0. The summed E-state index contributed by atoms with van der Waals surface area (Å²) in [5, 5.41) is 0. The van der Waals surface area contributed by atoms with Crippen LogP contribution >= 0.6 is 0 Å². The Hall–Kier alpha value is -0.610. The Morgan fingerprint density at radius 2 is 1.94 bits per heavy atom. The molecular weight excluding hydrogens is 206 g/mol. The van der Waals surface area contributed by atoms with Crippen molar-refractivity contribution in [3.05, 3.63) is 0 Å². The number of morpholine rings is 1. The smallest absolute Gasteiger partial charge is 0.311 e. The maximum absolute atomic E-state index is 11.6. The van der Waals surface area contributed by atoms with Gasteiger partial charge in [-0.15, -0.1) is 0 Å². The molecule has 0 aromatic carbocycles. The van der Waals surface area contributed by atoms with Gasteiger partial charge in [0, 0.05) is 19.1 Å². The second-order valence-corrected chi connectivity index (χ2v) is 5.35. The molecule has 4 nitrogen and oxygen atoms in total. The summed E-state index contributed by atoms with van der Waals surface area (Å²) < 4.78 is 10.6. The molecule has 0 radical (unpaired) electrons. The fourth-order valence-corrected chi connectivity index (χ4v) is 1.54. The van der Waals surface area contributed by atoms with E-state index >= 15 is 0 Å². The van der Waals surface area contributed by atoms with Crippen molar-refractivity contribution in [3.63, 3.8) is 0 Å². The van der Waals surface area contributed by atoms with Crippen molar-refractivity contribution in [1.82, 2.24) is 4.90 Å². The highest BCUT2D eigenvalue weighted by Crippen LogP contribution is 2.15. The van der Waals surface area contributed by atoms with E-state index in [0.717, 1.165) is 26.3 Å². The topological polar surface area (TPSA) is 38.8 Å². The van der Waals surface area contributed by atoms with Crippen molar-refractivity contribution in [2.24, 2.45) is 5.41 Å². The summed E-state index contributed by atoms with van der Waals surface area (Å²) in [4.78, 5) is 13.9. The van der Waals surface area contributed by atoms with Gasteiger partial charge in [-0.05, 0) is 27.7 Å². The third-order valence-corrected chi connectivity index (χ3v) is 2.74. The van der Waals surface area contributed by atoms with Crippen LogP contribution in [0.5, 0.6) is 0 Å². The summed E-state index contributed by atoms with van der Waals surface area (Å²) in [7, 11) is 0. The van der Waals surface area contributed by atoms with Crippen molar-refractivity contribution in [2.75, 3.05) is 32.9 Å². The van der Waals surface area contributed by atoms with Crippen LogP contribution in [-0.4, -0.2) is 49.8 Å². The van der Waals surface area contributed by atoms with Crippen LogP contribution in [0.25, 0.3) is 0 Å². The van der Waals surface area contributed by atoms with E-state index in [-0.39, 0.29) is 12.0 Å². The summed E-state index contributed by atoms with van der Waals surface area (Å²) in [6.07, 6.45) is 0. The average molecular weight is 229 g/mol.